The molecule has 0 heterocycles. The van der Waals surface area contributed by atoms with Crippen molar-refractivity contribution in [3.8, 4) is 0 Å². The molecule has 0 aliphatic heterocycles. The third kappa shape index (κ3) is 7.50. The first kappa shape index (κ1) is 31.1. The maximum Gasteiger partial charge on any atom is 0.0721 e. The molecule has 3 heteroatoms. The Bertz CT molecular complexity index is 1860. The Morgan fingerprint density at radius 1 is 0.362 bits per heavy atom. The normalized spacial score (nSPS) is 10.6. The zero-order valence-corrected chi connectivity index (χ0v) is 26.5. The maximum atomic E-state index is 6.17. The molecule has 0 aliphatic carbocycles. The lowest BCUT2D eigenvalue weighted by Crippen LogP contribution is -2.10. The number of hydrogen-bond acceptors (Lipinski definition) is 3. The monoisotopic (exact) mass is 610 g/mol. The van der Waals surface area contributed by atoms with Crippen molar-refractivity contribution in [3.63, 3.8) is 0 Å². The van der Waals surface area contributed by atoms with Crippen LogP contribution in [0, 0.1) is 0 Å². The number of ether oxygens (including phenoxy) is 1. The lowest BCUT2D eigenvalue weighted by atomic mass is 10.1. The summed E-state index contributed by atoms with van der Waals surface area (Å²) in [4.78, 5) is 4.50. The van der Waals surface area contributed by atoms with Gasteiger partial charge in [-0.1, -0.05) is 117 Å². The van der Waals surface area contributed by atoms with E-state index < -0.39 is 0 Å². The summed E-state index contributed by atoms with van der Waals surface area (Å²) in [5.74, 6) is 0. The van der Waals surface area contributed by atoms with E-state index in [4.69, 9.17) is 4.74 Å². The largest absolute Gasteiger partial charge is 0.372 e. The van der Waals surface area contributed by atoms with E-state index in [1.807, 2.05) is 24.3 Å². The van der Waals surface area contributed by atoms with Crippen LogP contribution in [0.5, 0.6) is 0 Å². The number of nitrogens with zero attached hydrogens (tertiary/aromatic N) is 2. The zero-order chi connectivity index (χ0) is 32.4. The molecule has 0 spiro atoms. The molecule has 6 rings (SSSR count). The molecule has 0 aromatic heterocycles. The maximum absolute atomic E-state index is 6.17. The number of hydrogen-bond donors (Lipinski definition) is 0. The van der Waals surface area contributed by atoms with Crippen molar-refractivity contribution in [2.24, 2.45) is 0 Å². The smallest absolute Gasteiger partial charge is 0.0721 e. The van der Waals surface area contributed by atoms with E-state index in [1.165, 1.54) is 0 Å². The molecule has 0 unspecified atom stereocenters. The first-order chi connectivity index (χ1) is 23.1. The molecule has 0 radical (unpaired) electrons. The molecule has 6 aromatic carbocycles. The van der Waals surface area contributed by atoms with Gasteiger partial charge in [-0.2, -0.15) is 0 Å². The van der Waals surface area contributed by atoms with Gasteiger partial charge in [0.1, 0.15) is 0 Å². The van der Waals surface area contributed by atoms with Crippen LogP contribution >= 0.6 is 0 Å². The van der Waals surface area contributed by atoms with E-state index in [0.29, 0.717) is 13.2 Å². The summed E-state index contributed by atoms with van der Waals surface area (Å²) < 4.78 is 6.17. The minimum Gasteiger partial charge on any atom is -0.372 e. The van der Waals surface area contributed by atoms with Crippen molar-refractivity contribution >= 4 is 52.4 Å². The van der Waals surface area contributed by atoms with Crippen LogP contribution in [0.15, 0.2) is 171 Å². The van der Waals surface area contributed by atoms with Gasteiger partial charge in [-0.15, -0.1) is 0 Å². The van der Waals surface area contributed by atoms with E-state index in [0.717, 1.165) is 61.9 Å². The second-order valence-corrected chi connectivity index (χ2v) is 11.2. The van der Waals surface area contributed by atoms with Crippen molar-refractivity contribution in [1.82, 2.24) is 0 Å². The average molecular weight is 611 g/mol. The van der Waals surface area contributed by atoms with Crippen molar-refractivity contribution in [2.45, 2.75) is 13.2 Å². The van der Waals surface area contributed by atoms with Crippen LogP contribution in [-0.4, -0.2) is 0 Å². The average Bonchev–Trinajstić information content (AvgIpc) is 3.14. The van der Waals surface area contributed by atoms with Gasteiger partial charge in [0.05, 0.1) is 13.2 Å². The van der Waals surface area contributed by atoms with Crippen LogP contribution in [-0.2, 0) is 18.0 Å². The van der Waals surface area contributed by atoms with Crippen LogP contribution in [0.3, 0.4) is 0 Å². The van der Waals surface area contributed by atoms with Crippen LogP contribution < -0.4 is 9.80 Å². The molecule has 3 nitrogen and oxygen atoms in total. The van der Waals surface area contributed by atoms with Crippen LogP contribution in [0.25, 0.3) is 18.2 Å². The molecular formula is C44H38N2O. The molecule has 0 atom stereocenters. The Balaban J connectivity index is 1.14. The second kappa shape index (κ2) is 14.9. The predicted octanol–water partition coefficient (Wildman–Crippen LogP) is 12.3. The molecule has 0 bridgehead atoms. The van der Waals surface area contributed by atoms with Crippen molar-refractivity contribution in [3.05, 3.63) is 199 Å². The van der Waals surface area contributed by atoms with E-state index in [-0.39, 0.29) is 0 Å². The first-order valence-corrected chi connectivity index (χ1v) is 15.7. The fourth-order valence-corrected chi connectivity index (χ4v) is 5.52. The number of para-hydroxylation sites is 1. The van der Waals surface area contributed by atoms with Gasteiger partial charge in [-0.05, 0) is 101 Å². The van der Waals surface area contributed by atoms with Gasteiger partial charge in [0, 0.05) is 34.1 Å². The van der Waals surface area contributed by atoms with E-state index in [2.05, 4.69) is 175 Å². The second-order valence-electron chi connectivity index (χ2n) is 11.2. The van der Waals surface area contributed by atoms with Crippen LogP contribution in [0.1, 0.15) is 27.8 Å². The fraction of sp³-hybridized carbons (Fsp3) is 0.0455. The number of anilines is 6. The Hall–Kier alpha value is -5.90. The summed E-state index contributed by atoms with van der Waals surface area (Å²) in [7, 11) is 0. The van der Waals surface area contributed by atoms with E-state index >= 15 is 0 Å². The minimum atomic E-state index is 0.524. The van der Waals surface area contributed by atoms with Crippen LogP contribution in [0.4, 0.5) is 34.1 Å². The highest BCUT2D eigenvalue weighted by Crippen LogP contribution is 2.36. The zero-order valence-electron chi connectivity index (χ0n) is 26.5. The lowest BCUT2D eigenvalue weighted by molar-refractivity contribution is 0.107. The topological polar surface area (TPSA) is 15.7 Å². The summed E-state index contributed by atoms with van der Waals surface area (Å²) in [5.41, 5.74) is 12.0. The summed E-state index contributed by atoms with van der Waals surface area (Å²) in [5, 5.41) is 0. The molecule has 6 aromatic rings. The fourth-order valence-electron chi connectivity index (χ4n) is 5.52. The minimum absolute atomic E-state index is 0.524. The SMILES string of the molecule is C=Cc1ccc(N(c2ccccc2)c2ccc(COCc3ccc(N(c4ccc(C=C)cc4)c4ccc(C=C)cc4)cc3)cc2)cc1. The number of rotatable bonds is 13. The Kier molecular flexibility index (Phi) is 9.87. The Morgan fingerprint density at radius 3 is 0.936 bits per heavy atom. The van der Waals surface area contributed by atoms with Crippen molar-refractivity contribution < 1.29 is 4.74 Å². The van der Waals surface area contributed by atoms with Gasteiger partial charge in [0.2, 0.25) is 0 Å². The molecule has 0 fully saturated rings. The van der Waals surface area contributed by atoms with E-state index in [9.17, 15) is 0 Å². The third-order valence-corrected chi connectivity index (χ3v) is 8.10. The summed E-state index contributed by atoms with van der Waals surface area (Å²) in [6.07, 6.45) is 5.58. The molecule has 0 N–H and O–H groups in total. The molecule has 0 saturated carbocycles. The molecule has 0 amide bonds. The Morgan fingerprint density at radius 2 is 0.638 bits per heavy atom. The summed E-state index contributed by atoms with van der Waals surface area (Å²) >= 11 is 0. The predicted molar refractivity (Wildman–Crippen MR) is 201 cm³/mol. The van der Waals surface area contributed by atoms with Gasteiger partial charge in [0.25, 0.3) is 0 Å². The van der Waals surface area contributed by atoms with Gasteiger partial charge in [-0.3, -0.25) is 0 Å². The molecule has 230 valence electrons. The van der Waals surface area contributed by atoms with Crippen molar-refractivity contribution in [1.29, 1.82) is 0 Å². The van der Waals surface area contributed by atoms with Gasteiger partial charge in [-0.25, -0.2) is 0 Å². The van der Waals surface area contributed by atoms with Gasteiger partial charge in [0.15, 0.2) is 0 Å². The molecule has 0 aliphatic rings. The molecule has 0 saturated heterocycles. The molecular weight excluding hydrogens is 572 g/mol. The van der Waals surface area contributed by atoms with Gasteiger partial charge < -0.3 is 14.5 Å². The summed E-state index contributed by atoms with van der Waals surface area (Å²) in [6.45, 7) is 12.7. The van der Waals surface area contributed by atoms with Crippen LogP contribution in [0.2, 0.25) is 0 Å². The number of benzene rings is 6. The highest BCUT2D eigenvalue weighted by Gasteiger charge is 2.14. The quantitative estimate of drug-likeness (QED) is 0.129. The highest BCUT2D eigenvalue weighted by atomic mass is 16.5. The lowest BCUT2D eigenvalue weighted by Gasteiger charge is -2.26. The summed E-state index contributed by atoms with van der Waals surface area (Å²) in [6, 6.07) is 52.8. The first-order valence-electron chi connectivity index (χ1n) is 15.7. The third-order valence-electron chi connectivity index (χ3n) is 8.10. The molecule has 47 heavy (non-hydrogen) atoms. The van der Waals surface area contributed by atoms with E-state index in [1.54, 1.807) is 0 Å². The Labute approximate surface area is 278 Å². The van der Waals surface area contributed by atoms with Crippen molar-refractivity contribution in [2.75, 3.05) is 9.80 Å². The highest BCUT2D eigenvalue weighted by molar-refractivity contribution is 5.78. The standard InChI is InChI=1S/C44H38N2O/c1-4-34-12-22-40(23-13-34)45(39-10-8-7-9-11-39)43-28-18-37(19-29-43)32-47-33-38-20-30-44(31-21-38)46(41-24-14-35(5-2)15-25-41)42-26-16-36(6-3)17-27-42/h4-31H,1-3,32-33H2. The van der Waals surface area contributed by atoms with Gasteiger partial charge >= 0.3 is 0 Å².